The SMILES string of the molecule is CC1Sc2ccc(C(=O)OCc3csc(COc4ccc(F)cc4)n3)cc2NC1=O. The quantitative estimate of drug-likeness (QED) is 0.558. The Hall–Kier alpha value is -2.91. The molecule has 1 unspecified atom stereocenters. The summed E-state index contributed by atoms with van der Waals surface area (Å²) in [6.45, 7) is 2.10. The summed E-state index contributed by atoms with van der Waals surface area (Å²) in [5.74, 6) is -0.356. The van der Waals surface area contributed by atoms with Crippen molar-refractivity contribution in [2.24, 2.45) is 0 Å². The normalized spacial score (nSPS) is 15.3. The number of carbonyl (C=O) groups excluding carboxylic acids is 2. The summed E-state index contributed by atoms with van der Waals surface area (Å²) in [6.07, 6.45) is 0. The second kappa shape index (κ2) is 8.85. The first-order valence-corrected chi connectivity index (χ1v) is 10.8. The maximum atomic E-state index is 12.9. The highest BCUT2D eigenvalue weighted by Gasteiger charge is 2.24. The van der Waals surface area contributed by atoms with E-state index in [1.807, 2.05) is 6.92 Å². The highest BCUT2D eigenvalue weighted by molar-refractivity contribution is 8.00. The van der Waals surface area contributed by atoms with Crippen molar-refractivity contribution >= 4 is 40.7 Å². The van der Waals surface area contributed by atoms with E-state index in [0.29, 0.717) is 27.7 Å². The van der Waals surface area contributed by atoms with E-state index in [4.69, 9.17) is 9.47 Å². The van der Waals surface area contributed by atoms with Crippen LogP contribution in [0.4, 0.5) is 10.1 Å². The van der Waals surface area contributed by atoms with E-state index in [-0.39, 0.29) is 30.2 Å². The number of halogens is 1. The Morgan fingerprint density at radius 3 is 2.80 bits per heavy atom. The Morgan fingerprint density at radius 2 is 2.00 bits per heavy atom. The van der Waals surface area contributed by atoms with E-state index in [1.54, 1.807) is 35.7 Å². The van der Waals surface area contributed by atoms with Crippen LogP contribution in [0.1, 0.15) is 28.0 Å². The fourth-order valence-corrected chi connectivity index (χ4v) is 4.34. The lowest BCUT2D eigenvalue weighted by atomic mass is 10.2. The number of hydrogen-bond donors (Lipinski definition) is 1. The Kier molecular flexibility index (Phi) is 6.01. The van der Waals surface area contributed by atoms with Crippen molar-refractivity contribution in [3.8, 4) is 5.75 Å². The zero-order chi connectivity index (χ0) is 21.1. The van der Waals surface area contributed by atoms with Gasteiger partial charge in [-0.25, -0.2) is 14.2 Å². The highest BCUT2D eigenvalue weighted by atomic mass is 32.2. The number of anilines is 1. The minimum absolute atomic E-state index is 0.0289. The third kappa shape index (κ3) is 4.80. The molecule has 1 aliphatic rings. The smallest absolute Gasteiger partial charge is 0.338 e. The number of fused-ring (bicyclic) bond motifs is 1. The van der Waals surface area contributed by atoms with Gasteiger partial charge in [0.15, 0.2) is 0 Å². The lowest BCUT2D eigenvalue weighted by Gasteiger charge is -2.21. The third-order valence-corrected chi connectivity index (χ3v) is 6.32. The lowest BCUT2D eigenvalue weighted by Crippen LogP contribution is -2.26. The Bertz CT molecular complexity index is 1080. The molecule has 2 aromatic carbocycles. The summed E-state index contributed by atoms with van der Waals surface area (Å²) >= 11 is 2.84. The molecule has 2 heterocycles. The fourth-order valence-electron chi connectivity index (χ4n) is 2.72. The summed E-state index contributed by atoms with van der Waals surface area (Å²) in [6, 6.07) is 10.9. The van der Waals surface area contributed by atoms with Gasteiger partial charge in [-0.3, -0.25) is 4.79 Å². The fraction of sp³-hybridized carbons (Fsp3) is 0.190. The number of nitrogens with one attached hydrogen (secondary N) is 1. The highest BCUT2D eigenvalue weighted by Crippen LogP contribution is 2.36. The molecular weight excluding hydrogens is 427 g/mol. The monoisotopic (exact) mass is 444 g/mol. The molecule has 6 nitrogen and oxygen atoms in total. The summed E-state index contributed by atoms with van der Waals surface area (Å²) in [5, 5.41) is 5.14. The van der Waals surface area contributed by atoms with Crippen molar-refractivity contribution in [1.29, 1.82) is 0 Å². The number of rotatable bonds is 6. The van der Waals surface area contributed by atoms with E-state index in [0.717, 1.165) is 4.90 Å². The summed E-state index contributed by atoms with van der Waals surface area (Å²) in [7, 11) is 0. The zero-order valence-corrected chi connectivity index (χ0v) is 17.5. The van der Waals surface area contributed by atoms with Crippen molar-refractivity contribution in [2.45, 2.75) is 30.3 Å². The van der Waals surface area contributed by atoms with Crippen LogP contribution in [0, 0.1) is 5.82 Å². The van der Waals surface area contributed by atoms with Gasteiger partial charge in [0, 0.05) is 10.3 Å². The van der Waals surface area contributed by atoms with Gasteiger partial charge < -0.3 is 14.8 Å². The first kappa shape index (κ1) is 20.4. The first-order chi connectivity index (χ1) is 14.5. The second-order valence-corrected chi connectivity index (χ2v) is 8.84. The maximum absolute atomic E-state index is 12.9. The minimum atomic E-state index is -0.493. The topological polar surface area (TPSA) is 77.5 Å². The van der Waals surface area contributed by atoms with Crippen molar-refractivity contribution in [1.82, 2.24) is 4.98 Å². The number of hydrogen-bond acceptors (Lipinski definition) is 7. The van der Waals surface area contributed by atoms with E-state index in [9.17, 15) is 14.0 Å². The van der Waals surface area contributed by atoms with Crippen LogP contribution in [0.3, 0.4) is 0 Å². The molecule has 1 amide bonds. The van der Waals surface area contributed by atoms with Gasteiger partial charge in [0.25, 0.3) is 0 Å². The number of benzene rings is 2. The number of nitrogens with zero attached hydrogens (tertiary/aromatic N) is 1. The minimum Gasteiger partial charge on any atom is -0.486 e. The molecular formula is C21H17FN2O4S2. The molecule has 0 aliphatic carbocycles. The average Bonchev–Trinajstić information content (AvgIpc) is 3.20. The van der Waals surface area contributed by atoms with Gasteiger partial charge >= 0.3 is 5.97 Å². The van der Waals surface area contributed by atoms with Crippen LogP contribution < -0.4 is 10.1 Å². The molecule has 0 fully saturated rings. The molecule has 0 saturated carbocycles. The average molecular weight is 445 g/mol. The number of ether oxygens (including phenoxy) is 2. The zero-order valence-electron chi connectivity index (χ0n) is 15.9. The molecule has 1 aromatic heterocycles. The third-order valence-electron chi connectivity index (χ3n) is 4.27. The van der Waals surface area contributed by atoms with Gasteiger partial charge in [-0.2, -0.15) is 0 Å². The molecule has 1 atom stereocenters. The van der Waals surface area contributed by atoms with Crippen LogP contribution in [-0.4, -0.2) is 22.1 Å². The molecule has 154 valence electrons. The number of aromatic nitrogens is 1. The number of esters is 1. The molecule has 0 spiro atoms. The van der Waals surface area contributed by atoms with Crippen molar-refractivity contribution in [3.63, 3.8) is 0 Å². The van der Waals surface area contributed by atoms with Crippen LogP contribution in [0.5, 0.6) is 5.75 Å². The second-order valence-electron chi connectivity index (χ2n) is 6.51. The van der Waals surface area contributed by atoms with E-state index in [1.165, 1.54) is 35.2 Å². The predicted molar refractivity (Wildman–Crippen MR) is 112 cm³/mol. The van der Waals surface area contributed by atoms with Crippen molar-refractivity contribution in [3.05, 3.63) is 69.9 Å². The van der Waals surface area contributed by atoms with Crippen LogP contribution in [-0.2, 0) is 22.7 Å². The molecule has 9 heteroatoms. The largest absolute Gasteiger partial charge is 0.486 e. The molecule has 4 rings (SSSR count). The summed E-state index contributed by atoms with van der Waals surface area (Å²) in [5.41, 5.74) is 1.59. The van der Waals surface area contributed by atoms with Gasteiger partial charge in [-0.05, 0) is 49.4 Å². The van der Waals surface area contributed by atoms with Gasteiger partial charge in [0.1, 0.15) is 29.8 Å². The van der Waals surface area contributed by atoms with Crippen LogP contribution in [0.25, 0.3) is 0 Å². The molecule has 0 saturated heterocycles. The summed E-state index contributed by atoms with van der Waals surface area (Å²) < 4.78 is 23.8. The Balaban J connectivity index is 1.32. The van der Waals surface area contributed by atoms with E-state index >= 15 is 0 Å². The first-order valence-electron chi connectivity index (χ1n) is 9.08. The number of amides is 1. The van der Waals surface area contributed by atoms with E-state index in [2.05, 4.69) is 10.3 Å². The van der Waals surface area contributed by atoms with Crippen molar-refractivity contribution in [2.75, 3.05) is 5.32 Å². The standard InChI is InChI=1S/C21H17FN2O4S2/c1-12-20(25)24-17-8-13(2-7-18(17)30-12)21(26)28-9-15-11-29-19(23-15)10-27-16-5-3-14(22)4-6-16/h2-8,11-12H,9-10H2,1H3,(H,24,25). The van der Waals surface area contributed by atoms with Gasteiger partial charge in [0.2, 0.25) is 5.91 Å². The van der Waals surface area contributed by atoms with Gasteiger partial charge in [-0.1, -0.05) is 0 Å². The van der Waals surface area contributed by atoms with E-state index < -0.39 is 5.97 Å². The van der Waals surface area contributed by atoms with Gasteiger partial charge in [-0.15, -0.1) is 23.1 Å². The molecule has 1 N–H and O–H groups in total. The lowest BCUT2D eigenvalue weighted by molar-refractivity contribution is -0.115. The molecule has 1 aliphatic heterocycles. The molecule has 30 heavy (non-hydrogen) atoms. The number of thiazole rings is 1. The van der Waals surface area contributed by atoms with Gasteiger partial charge in [0.05, 0.1) is 22.2 Å². The molecule has 0 radical (unpaired) electrons. The van der Waals surface area contributed by atoms with Crippen LogP contribution in [0.15, 0.2) is 52.7 Å². The Labute approximate surface area is 180 Å². The van der Waals surface area contributed by atoms with Crippen LogP contribution >= 0.6 is 23.1 Å². The van der Waals surface area contributed by atoms with Crippen molar-refractivity contribution < 1.29 is 23.5 Å². The number of thioether (sulfide) groups is 1. The maximum Gasteiger partial charge on any atom is 0.338 e. The summed E-state index contributed by atoms with van der Waals surface area (Å²) in [4.78, 5) is 29.5. The Morgan fingerprint density at radius 1 is 1.20 bits per heavy atom. The van der Waals surface area contributed by atoms with Crippen LogP contribution in [0.2, 0.25) is 0 Å². The molecule has 0 bridgehead atoms. The molecule has 3 aromatic rings. The predicted octanol–water partition coefficient (Wildman–Crippen LogP) is 4.65. The number of carbonyl (C=O) groups is 2.